The zero-order valence-corrected chi connectivity index (χ0v) is 10.6. The molecule has 1 amide bonds. The maximum absolute atomic E-state index is 13.7. The molecule has 2 atom stereocenters. The van der Waals surface area contributed by atoms with Gasteiger partial charge in [0.2, 0.25) is 0 Å². The summed E-state index contributed by atoms with van der Waals surface area (Å²) in [5.74, 6) is -2.60. The van der Waals surface area contributed by atoms with E-state index in [4.69, 9.17) is 10.5 Å². The van der Waals surface area contributed by atoms with E-state index in [0.29, 0.717) is 12.7 Å². The van der Waals surface area contributed by atoms with Crippen molar-refractivity contribution in [3.05, 3.63) is 29.3 Å². The molecule has 3 N–H and O–H groups in total. The molecule has 2 unspecified atom stereocenters. The summed E-state index contributed by atoms with van der Waals surface area (Å²) in [4.78, 5) is 11.0. The van der Waals surface area contributed by atoms with Crippen molar-refractivity contribution in [2.24, 2.45) is 5.73 Å². The highest BCUT2D eigenvalue weighted by atomic mass is 19.1. The van der Waals surface area contributed by atoms with Crippen LogP contribution in [0.1, 0.15) is 30.1 Å². The first-order chi connectivity index (χ1) is 8.97. The molecule has 1 fully saturated rings. The van der Waals surface area contributed by atoms with E-state index in [9.17, 15) is 13.6 Å². The molecular formula is C13H16F2N2O2. The van der Waals surface area contributed by atoms with Crippen molar-refractivity contribution in [3.63, 3.8) is 0 Å². The predicted octanol–water partition coefficient (Wildman–Crippen LogP) is 2.04. The summed E-state index contributed by atoms with van der Waals surface area (Å²) < 4.78 is 32.4. The largest absolute Gasteiger partial charge is 0.380 e. The van der Waals surface area contributed by atoms with Crippen molar-refractivity contribution in [2.75, 3.05) is 11.9 Å². The van der Waals surface area contributed by atoms with Gasteiger partial charge in [-0.25, -0.2) is 8.78 Å². The lowest BCUT2D eigenvalue weighted by atomic mass is 10.0. The number of nitrogens with one attached hydrogen (secondary N) is 1. The number of halogens is 2. The lowest BCUT2D eigenvalue weighted by Gasteiger charge is -2.29. The summed E-state index contributed by atoms with van der Waals surface area (Å²) in [5, 5.41) is 2.97. The molecule has 0 radical (unpaired) electrons. The number of amides is 1. The van der Waals surface area contributed by atoms with Crippen molar-refractivity contribution in [1.82, 2.24) is 0 Å². The van der Waals surface area contributed by atoms with Gasteiger partial charge in [-0.05, 0) is 25.8 Å². The Morgan fingerprint density at radius 1 is 1.42 bits per heavy atom. The number of anilines is 1. The Labute approximate surface area is 109 Å². The van der Waals surface area contributed by atoms with Gasteiger partial charge in [-0.3, -0.25) is 4.79 Å². The molecule has 0 saturated carbocycles. The number of benzene rings is 1. The summed E-state index contributed by atoms with van der Waals surface area (Å²) in [7, 11) is 0. The van der Waals surface area contributed by atoms with Crippen molar-refractivity contribution < 1.29 is 18.3 Å². The van der Waals surface area contributed by atoms with Crippen LogP contribution in [0, 0.1) is 11.6 Å². The molecule has 1 saturated heterocycles. The van der Waals surface area contributed by atoms with Crippen LogP contribution in [0.25, 0.3) is 0 Å². The highest BCUT2D eigenvalue weighted by molar-refractivity contribution is 5.94. The molecule has 1 aromatic rings. The molecule has 0 bridgehead atoms. The van der Waals surface area contributed by atoms with Gasteiger partial charge in [0.15, 0.2) is 0 Å². The Morgan fingerprint density at radius 2 is 2.16 bits per heavy atom. The number of carbonyl (C=O) groups is 1. The smallest absolute Gasteiger partial charge is 0.251 e. The molecule has 4 nitrogen and oxygen atoms in total. The van der Waals surface area contributed by atoms with Crippen LogP contribution in [0.3, 0.4) is 0 Å². The Kier molecular flexibility index (Phi) is 3.99. The second-order valence-electron chi connectivity index (χ2n) is 4.72. The normalized spacial score (nSPS) is 23.1. The first kappa shape index (κ1) is 13.7. The molecule has 6 heteroatoms. The minimum Gasteiger partial charge on any atom is -0.380 e. The Morgan fingerprint density at radius 3 is 2.79 bits per heavy atom. The number of primary amides is 1. The van der Waals surface area contributed by atoms with Crippen molar-refractivity contribution >= 4 is 11.6 Å². The third kappa shape index (κ3) is 3.20. The van der Waals surface area contributed by atoms with E-state index in [1.54, 1.807) is 0 Å². The van der Waals surface area contributed by atoms with E-state index in [1.165, 1.54) is 0 Å². The molecule has 0 aliphatic carbocycles. The molecule has 1 aliphatic heterocycles. The van der Waals surface area contributed by atoms with Crippen LogP contribution in [0.4, 0.5) is 14.5 Å². The topological polar surface area (TPSA) is 64.3 Å². The number of rotatable bonds is 3. The molecule has 1 heterocycles. The quantitative estimate of drug-likeness (QED) is 0.883. The minimum absolute atomic E-state index is 0.0319. The monoisotopic (exact) mass is 270 g/mol. The van der Waals surface area contributed by atoms with E-state index in [2.05, 4.69) is 5.32 Å². The van der Waals surface area contributed by atoms with Crippen LogP contribution in [0.15, 0.2) is 12.1 Å². The second kappa shape index (κ2) is 5.52. The Bertz CT molecular complexity index is 494. The van der Waals surface area contributed by atoms with Gasteiger partial charge in [0, 0.05) is 18.7 Å². The molecule has 0 aromatic heterocycles. The van der Waals surface area contributed by atoms with Crippen molar-refractivity contribution in [2.45, 2.75) is 31.9 Å². The number of hydrogen-bond donors (Lipinski definition) is 2. The molecule has 1 aromatic carbocycles. The third-order valence-corrected chi connectivity index (χ3v) is 3.17. The first-order valence-electron chi connectivity index (χ1n) is 6.14. The fourth-order valence-corrected chi connectivity index (χ4v) is 2.20. The predicted molar refractivity (Wildman–Crippen MR) is 66.9 cm³/mol. The maximum Gasteiger partial charge on any atom is 0.251 e. The molecule has 19 heavy (non-hydrogen) atoms. The molecule has 2 rings (SSSR count). The number of carbonyl (C=O) groups excluding carboxylic acids is 1. The number of nitrogens with two attached hydrogens (primary N) is 1. The summed E-state index contributed by atoms with van der Waals surface area (Å²) in [6.07, 6.45) is 1.54. The number of hydrogen-bond acceptors (Lipinski definition) is 3. The zero-order valence-electron chi connectivity index (χ0n) is 10.6. The van der Waals surface area contributed by atoms with E-state index < -0.39 is 17.5 Å². The van der Waals surface area contributed by atoms with Crippen LogP contribution in [-0.4, -0.2) is 24.7 Å². The van der Waals surface area contributed by atoms with Gasteiger partial charge in [0.25, 0.3) is 5.91 Å². The van der Waals surface area contributed by atoms with Gasteiger partial charge in [0.05, 0.1) is 17.4 Å². The fourth-order valence-electron chi connectivity index (χ4n) is 2.20. The summed E-state index contributed by atoms with van der Waals surface area (Å²) in [6.45, 7) is 2.52. The molecule has 1 aliphatic rings. The van der Waals surface area contributed by atoms with E-state index >= 15 is 0 Å². The van der Waals surface area contributed by atoms with Crippen LogP contribution >= 0.6 is 0 Å². The maximum atomic E-state index is 13.7. The van der Waals surface area contributed by atoms with Crippen LogP contribution in [-0.2, 0) is 4.74 Å². The third-order valence-electron chi connectivity index (χ3n) is 3.17. The van der Waals surface area contributed by atoms with Gasteiger partial charge in [-0.2, -0.15) is 0 Å². The van der Waals surface area contributed by atoms with Crippen LogP contribution in [0.5, 0.6) is 0 Å². The zero-order chi connectivity index (χ0) is 14.0. The van der Waals surface area contributed by atoms with Gasteiger partial charge < -0.3 is 15.8 Å². The van der Waals surface area contributed by atoms with Gasteiger partial charge >= 0.3 is 0 Å². The van der Waals surface area contributed by atoms with E-state index in [1.807, 2.05) is 6.92 Å². The van der Waals surface area contributed by atoms with Gasteiger partial charge in [-0.15, -0.1) is 0 Å². The van der Waals surface area contributed by atoms with Crippen LogP contribution < -0.4 is 11.1 Å². The Balaban J connectivity index is 2.19. The van der Waals surface area contributed by atoms with Gasteiger partial charge in [-0.1, -0.05) is 0 Å². The second-order valence-corrected chi connectivity index (χ2v) is 4.72. The first-order valence-corrected chi connectivity index (χ1v) is 6.14. The standard InChI is InChI=1S/C13H16F2N2O2/c1-7-4-8(2-3-19-7)17-12-5-9(13(16)18)10(14)6-11(12)15/h5-8,17H,2-4H2,1H3,(H2,16,18). The van der Waals surface area contributed by atoms with Crippen molar-refractivity contribution in [1.29, 1.82) is 0 Å². The summed E-state index contributed by atoms with van der Waals surface area (Å²) in [5.41, 5.74) is 4.82. The average molecular weight is 270 g/mol. The lowest BCUT2D eigenvalue weighted by molar-refractivity contribution is 0.0231. The van der Waals surface area contributed by atoms with E-state index in [-0.39, 0.29) is 23.4 Å². The Hall–Kier alpha value is -1.69. The fraction of sp³-hybridized carbons (Fsp3) is 0.462. The summed E-state index contributed by atoms with van der Waals surface area (Å²) in [6, 6.07) is 1.82. The SMILES string of the molecule is CC1CC(Nc2cc(C(N)=O)c(F)cc2F)CCO1. The van der Waals surface area contributed by atoms with Crippen molar-refractivity contribution in [3.8, 4) is 0 Å². The summed E-state index contributed by atoms with van der Waals surface area (Å²) >= 11 is 0. The lowest BCUT2D eigenvalue weighted by Crippen LogP contribution is -2.32. The molecule has 0 spiro atoms. The minimum atomic E-state index is -0.948. The van der Waals surface area contributed by atoms with Gasteiger partial charge in [0.1, 0.15) is 11.6 Å². The highest BCUT2D eigenvalue weighted by Crippen LogP contribution is 2.23. The van der Waals surface area contributed by atoms with Crippen LogP contribution in [0.2, 0.25) is 0 Å². The van der Waals surface area contributed by atoms with E-state index in [0.717, 1.165) is 18.9 Å². The molecular weight excluding hydrogens is 254 g/mol. The highest BCUT2D eigenvalue weighted by Gasteiger charge is 2.21. The number of ether oxygens (including phenoxy) is 1. The molecule has 104 valence electrons. The average Bonchev–Trinajstić information content (AvgIpc) is 2.32.